The average molecular weight is 527 g/mol. The summed E-state index contributed by atoms with van der Waals surface area (Å²) in [6.07, 6.45) is 11.0. The molecule has 0 spiro atoms. The summed E-state index contributed by atoms with van der Waals surface area (Å²) in [5.41, 5.74) is 3.25. The molecule has 0 aliphatic carbocycles. The fourth-order valence-electron chi connectivity index (χ4n) is 3.97. The summed E-state index contributed by atoms with van der Waals surface area (Å²) in [4.78, 5) is 0.319. The summed E-state index contributed by atoms with van der Waals surface area (Å²) in [5, 5.41) is -3.64. The highest BCUT2D eigenvalue weighted by molar-refractivity contribution is 8.00. The van der Waals surface area contributed by atoms with Crippen molar-refractivity contribution in [3.63, 3.8) is 0 Å². The van der Waals surface area contributed by atoms with E-state index in [9.17, 15) is 13.2 Å². The molecule has 3 aromatic carbocycles. The van der Waals surface area contributed by atoms with Gasteiger partial charge in [-0.05, 0) is 72.1 Å². The molecule has 0 bridgehead atoms. The summed E-state index contributed by atoms with van der Waals surface area (Å²) in [6, 6.07) is 21.3. The molecule has 0 aliphatic heterocycles. The van der Waals surface area contributed by atoms with Gasteiger partial charge in [-0.3, -0.25) is 0 Å². The fourth-order valence-corrected chi connectivity index (χ4v) is 4.70. The first kappa shape index (κ1) is 28.9. The van der Waals surface area contributed by atoms with E-state index in [-0.39, 0.29) is 11.8 Å². The van der Waals surface area contributed by atoms with Gasteiger partial charge in [0, 0.05) is 4.90 Å². The first-order valence-corrected chi connectivity index (χ1v) is 14.0. The number of benzene rings is 3. The SMILES string of the molecule is CCCCCCCCCCOc1ccc(-c2ccc(C=C(F)C(F)(F)Sc3ccc(C)cc3)cc2)cc1. The van der Waals surface area contributed by atoms with Gasteiger partial charge in [0.2, 0.25) is 0 Å². The zero-order valence-electron chi connectivity index (χ0n) is 21.8. The van der Waals surface area contributed by atoms with Crippen LogP contribution in [-0.4, -0.2) is 11.9 Å². The normalized spacial score (nSPS) is 12.1. The van der Waals surface area contributed by atoms with Gasteiger partial charge in [0.25, 0.3) is 0 Å². The van der Waals surface area contributed by atoms with Gasteiger partial charge < -0.3 is 4.74 Å². The Bertz CT molecular complexity index is 1090. The Hall–Kier alpha value is -2.66. The maximum atomic E-state index is 14.4. The molecule has 0 N–H and O–H groups in total. The third-order valence-electron chi connectivity index (χ3n) is 6.20. The van der Waals surface area contributed by atoms with Crippen LogP contribution in [0.1, 0.15) is 69.4 Å². The number of thioether (sulfide) groups is 1. The topological polar surface area (TPSA) is 9.23 Å². The molecule has 0 fully saturated rings. The zero-order chi connectivity index (χ0) is 26.5. The van der Waals surface area contributed by atoms with Gasteiger partial charge in [-0.1, -0.05) is 106 Å². The standard InChI is InChI=1S/C32H37F3OS/c1-3-4-5-6-7-8-9-10-23-36-29-19-17-28(18-20-29)27-15-13-26(14-16-27)24-31(33)32(34,35)37-30-21-11-25(2)12-22-30/h11-22,24H,3-10,23H2,1-2H3. The Morgan fingerprint density at radius 1 is 0.757 bits per heavy atom. The summed E-state index contributed by atoms with van der Waals surface area (Å²) >= 11 is 0.207. The van der Waals surface area contributed by atoms with Crippen molar-refractivity contribution in [2.24, 2.45) is 0 Å². The molecule has 37 heavy (non-hydrogen) atoms. The lowest BCUT2D eigenvalue weighted by molar-refractivity contribution is 0.121. The lowest BCUT2D eigenvalue weighted by Crippen LogP contribution is -2.10. The van der Waals surface area contributed by atoms with Crippen LogP contribution in [0.2, 0.25) is 0 Å². The maximum Gasteiger partial charge on any atom is 0.349 e. The third kappa shape index (κ3) is 9.96. The molecule has 3 aromatic rings. The molecule has 0 atom stereocenters. The first-order valence-electron chi connectivity index (χ1n) is 13.2. The largest absolute Gasteiger partial charge is 0.494 e. The molecule has 1 nitrogen and oxygen atoms in total. The molecular weight excluding hydrogens is 489 g/mol. The molecule has 0 unspecified atom stereocenters. The quantitative estimate of drug-likeness (QED) is 0.144. The lowest BCUT2D eigenvalue weighted by Gasteiger charge is -2.14. The summed E-state index contributed by atoms with van der Waals surface area (Å²) in [5.74, 6) is -0.634. The van der Waals surface area contributed by atoms with Gasteiger partial charge in [0.15, 0.2) is 5.83 Å². The minimum atomic E-state index is -3.64. The van der Waals surface area contributed by atoms with Gasteiger partial charge in [-0.2, -0.15) is 8.78 Å². The Kier molecular flexibility index (Phi) is 11.7. The second-order valence-electron chi connectivity index (χ2n) is 9.39. The van der Waals surface area contributed by atoms with Crippen LogP contribution in [-0.2, 0) is 0 Å². The summed E-state index contributed by atoms with van der Waals surface area (Å²) < 4.78 is 49.0. The molecule has 0 aromatic heterocycles. The fraction of sp³-hybridized carbons (Fsp3) is 0.375. The van der Waals surface area contributed by atoms with E-state index in [0.29, 0.717) is 17.1 Å². The van der Waals surface area contributed by atoms with Crippen LogP contribution in [0.3, 0.4) is 0 Å². The molecule has 198 valence electrons. The van der Waals surface area contributed by atoms with Crippen LogP contribution in [0.4, 0.5) is 13.2 Å². The van der Waals surface area contributed by atoms with E-state index in [4.69, 9.17) is 4.74 Å². The Labute approximate surface area is 224 Å². The molecule has 0 radical (unpaired) electrons. The second-order valence-corrected chi connectivity index (χ2v) is 10.6. The number of halogens is 3. The zero-order valence-corrected chi connectivity index (χ0v) is 22.6. The number of unbranched alkanes of at least 4 members (excludes halogenated alkanes) is 7. The van der Waals surface area contributed by atoms with Crippen molar-refractivity contribution >= 4 is 17.8 Å². The Balaban J connectivity index is 1.47. The van der Waals surface area contributed by atoms with Crippen molar-refractivity contribution in [1.82, 2.24) is 0 Å². The lowest BCUT2D eigenvalue weighted by atomic mass is 10.0. The van der Waals surface area contributed by atoms with Gasteiger partial charge in [0.1, 0.15) is 5.75 Å². The molecule has 3 rings (SSSR count). The van der Waals surface area contributed by atoms with Crippen molar-refractivity contribution in [1.29, 1.82) is 0 Å². The van der Waals surface area contributed by atoms with Gasteiger partial charge >= 0.3 is 5.25 Å². The monoisotopic (exact) mass is 526 g/mol. The van der Waals surface area contributed by atoms with E-state index in [2.05, 4.69) is 6.92 Å². The van der Waals surface area contributed by atoms with E-state index in [0.717, 1.165) is 34.9 Å². The van der Waals surface area contributed by atoms with E-state index in [1.165, 1.54) is 44.9 Å². The van der Waals surface area contributed by atoms with Crippen molar-refractivity contribution < 1.29 is 17.9 Å². The molecule has 0 aliphatic rings. The molecule has 0 heterocycles. The minimum absolute atomic E-state index is 0.207. The van der Waals surface area contributed by atoms with Crippen LogP contribution in [0.15, 0.2) is 83.5 Å². The predicted octanol–water partition coefficient (Wildman–Crippen LogP) is 10.9. The number of aryl methyl sites for hydroxylation is 1. The molecule has 5 heteroatoms. The summed E-state index contributed by atoms with van der Waals surface area (Å²) in [6.45, 7) is 4.83. The van der Waals surface area contributed by atoms with Crippen LogP contribution in [0.25, 0.3) is 17.2 Å². The minimum Gasteiger partial charge on any atom is -0.494 e. The van der Waals surface area contributed by atoms with E-state index >= 15 is 0 Å². The Morgan fingerprint density at radius 2 is 1.30 bits per heavy atom. The average Bonchev–Trinajstić information content (AvgIpc) is 2.90. The highest BCUT2D eigenvalue weighted by atomic mass is 32.2. The van der Waals surface area contributed by atoms with Crippen LogP contribution in [0.5, 0.6) is 5.75 Å². The smallest absolute Gasteiger partial charge is 0.349 e. The predicted molar refractivity (Wildman–Crippen MR) is 151 cm³/mol. The van der Waals surface area contributed by atoms with E-state index in [1.54, 1.807) is 48.5 Å². The van der Waals surface area contributed by atoms with Crippen molar-refractivity contribution in [3.8, 4) is 16.9 Å². The highest BCUT2D eigenvalue weighted by Gasteiger charge is 2.36. The highest BCUT2D eigenvalue weighted by Crippen LogP contribution is 2.42. The van der Waals surface area contributed by atoms with Crippen molar-refractivity contribution in [2.75, 3.05) is 6.61 Å². The van der Waals surface area contributed by atoms with Gasteiger partial charge in [-0.25, -0.2) is 4.39 Å². The number of hydrogen-bond donors (Lipinski definition) is 0. The summed E-state index contributed by atoms with van der Waals surface area (Å²) in [7, 11) is 0. The number of hydrogen-bond acceptors (Lipinski definition) is 2. The molecule has 0 amide bonds. The number of ether oxygens (including phenoxy) is 1. The molecular formula is C32H37F3OS. The third-order valence-corrected chi connectivity index (χ3v) is 7.16. The van der Waals surface area contributed by atoms with Crippen molar-refractivity contribution in [3.05, 3.63) is 89.8 Å². The molecule has 0 saturated heterocycles. The van der Waals surface area contributed by atoms with Crippen LogP contribution < -0.4 is 4.74 Å². The number of rotatable bonds is 15. The second kappa shape index (κ2) is 14.9. The van der Waals surface area contributed by atoms with Crippen LogP contribution >= 0.6 is 11.8 Å². The Morgan fingerprint density at radius 3 is 1.89 bits per heavy atom. The van der Waals surface area contributed by atoms with E-state index < -0.39 is 11.1 Å². The van der Waals surface area contributed by atoms with Gasteiger partial charge in [-0.15, -0.1) is 0 Å². The maximum absolute atomic E-state index is 14.4. The number of alkyl halides is 2. The molecule has 0 saturated carbocycles. The van der Waals surface area contributed by atoms with E-state index in [1.807, 2.05) is 31.2 Å². The van der Waals surface area contributed by atoms with Crippen LogP contribution in [0, 0.1) is 6.92 Å². The first-order chi connectivity index (χ1) is 17.9. The van der Waals surface area contributed by atoms with Crippen molar-refractivity contribution in [2.45, 2.75) is 75.4 Å². The van der Waals surface area contributed by atoms with Gasteiger partial charge in [0.05, 0.1) is 6.61 Å².